The van der Waals surface area contributed by atoms with Gasteiger partial charge in [-0.05, 0) is 35.1 Å². The maximum absolute atomic E-state index is 13.3. The van der Waals surface area contributed by atoms with Crippen molar-refractivity contribution in [2.24, 2.45) is 5.92 Å². The summed E-state index contributed by atoms with van der Waals surface area (Å²) in [4.78, 5) is 12.7. The molecule has 8 heteroatoms. The fraction of sp³-hybridized carbons (Fsp3) is 0.300. The van der Waals surface area contributed by atoms with E-state index in [0.717, 1.165) is 22.1 Å². The Morgan fingerprint density at radius 3 is 2.03 bits per heavy atom. The van der Waals surface area contributed by atoms with E-state index in [2.05, 4.69) is 5.32 Å². The molecule has 0 radical (unpaired) electrons. The first-order valence-electron chi connectivity index (χ1n) is 12.7. The molecule has 3 aromatic carbocycles. The van der Waals surface area contributed by atoms with Gasteiger partial charge in [-0.1, -0.05) is 105 Å². The minimum atomic E-state index is -3.84. The molecule has 0 aliphatic carbocycles. The van der Waals surface area contributed by atoms with Crippen LogP contribution < -0.4 is 5.32 Å². The first-order valence-corrected chi connectivity index (χ1v) is 14.2. The minimum absolute atomic E-state index is 0.0264. The topological polar surface area (TPSA) is 95.9 Å². The van der Waals surface area contributed by atoms with E-state index in [0.29, 0.717) is 6.42 Å². The molecular formula is C30H36N2O5S. The number of nitrogens with one attached hydrogen (secondary N) is 1. The van der Waals surface area contributed by atoms with Gasteiger partial charge in [0.15, 0.2) is 0 Å². The van der Waals surface area contributed by atoms with Crippen LogP contribution in [0.3, 0.4) is 0 Å². The Bertz CT molecular complexity index is 1250. The normalized spacial score (nSPS) is 13.5. The summed E-state index contributed by atoms with van der Waals surface area (Å²) in [7, 11) is -3.84. The van der Waals surface area contributed by atoms with Crippen molar-refractivity contribution in [1.29, 1.82) is 0 Å². The highest BCUT2D eigenvalue weighted by Gasteiger charge is 2.29. The SMILES string of the molecule is CC(C)CN(C[C@@H](O)[C@H](Cc1ccccc1)NC(=O)OCc1ccccc1)S(=O)(=O)C=Cc1ccccc1. The zero-order chi connectivity index (χ0) is 27.4. The molecule has 0 spiro atoms. The van der Waals surface area contributed by atoms with Crippen LogP contribution >= 0.6 is 0 Å². The second kappa shape index (κ2) is 14.5. The van der Waals surface area contributed by atoms with Gasteiger partial charge in [0.1, 0.15) is 6.61 Å². The molecule has 0 heterocycles. The molecule has 3 rings (SSSR count). The zero-order valence-corrected chi connectivity index (χ0v) is 22.6. The Morgan fingerprint density at radius 2 is 1.45 bits per heavy atom. The molecule has 1 amide bonds. The standard InChI is InChI=1S/C30H36N2O5S/c1-24(2)21-32(38(35,36)19-18-25-12-6-3-7-13-25)22-29(33)28(20-26-14-8-4-9-15-26)31-30(34)37-23-27-16-10-5-11-17-27/h3-19,24,28-29,33H,20-23H2,1-2H3,(H,31,34)/t28-,29+/m0/s1. The lowest BCUT2D eigenvalue weighted by molar-refractivity contribution is 0.0875. The third-order valence-electron chi connectivity index (χ3n) is 5.83. The number of aliphatic hydroxyl groups excluding tert-OH is 1. The van der Waals surface area contributed by atoms with Crippen molar-refractivity contribution in [1.82, 2.24) is 9.62 Å². The van der Waals surface area contributed by atoms with Crippen molar-refractivity contribution in [3.05, 3.63) is 113 Å². The number of aliphatic hydroxyl groups is 1. The number of amides is 1. The van der Waals surface area contributed by atoms with E-state index in [1.165, 1.54) is 10.4 Å². The predicted molar refractivity (Wildman–Crippen MR) is 151 cm³/mol. The zero-order valence-electron chi connectivity index (χ0n) is 21.8. The summed E-state index contributed by atoms with van der Waals surface area (Å²) in [6.07, 6.45) is -0.0256. The number of carbonyl (C=O) groups is 1. The summed E-state index contributed by atoms with van der Waals surface area (Å²) in [5.74, 6) is 0.0264. The van der Waals surface area contributed by atoms with Crippen molar-refractivity contribution >= 4 is 22.2 Å². The lowest BCUT2D eigenvalue weighted by Crippen LogP contribution is -2.51. The molecular weight excluding hydrogens is 500 g/mol. The van der Waals surface area contributed by atoms with Crippen LogP contribution in [0.1, 0.15) is 30.5 Å². The molecule has 0 aliphatic heterocycles. The number of sulfonamides is 1. The largest absolute Gasteiger partial charge is 0.445 e. The number of hydrogen-bond acceptors (Lipinski definition) is 5. The van der Waals surface area contributed by atoms with Gasteiger partial charge in [0, 0.05) is 18.5 Å². The number of hydrogen-bond donors (Lipinski definition) is 2. The Kier molecular flexibility index (Phi) is 11.1. The maximum Gasteiger partial charge on any atom is 0.407 e. The van der Waals surface area contributed by atoms with Crippen LogP contribution in [0, 0.1) is 5.92 Å². The second-order valence-electron chi connectivity index (χ2n) is 9.54. The Morgan fingerprint density at radius 1 is 0.895 bits per heavy atom. The Hall–Kier alpha value is -3.46. The van der Waals surface area contributed by atoms with E-state index in [9.17, 15) is 18.3 Å². The van der Waals surface area contributed by atoms with E-state index in [-0.39, 0.29) is 25.6 Å². The maximum atomic E-state index is 13.3. The molecule has 38 heavy (non-hydrogen) atoms. The molecule has 202 valence electrons. The second-order valence-corrected chi connectivity index (χ2v) is 11.4. The van der Waals surface area contributed by atoms with Crippen molar-refractivity contribution in [3.63, 3.8) is 0 Å². The van der Waals surface area contributed by atoms with Gasteiger partial charge in [-0.25, -0.2) is 13.2 Å². The molecule has 0 aliphatic rings. The quantitative estimate of drug-likeness (QED) is 0.326. The molecule has 2 N–H and O–H groups in total. The number of rotatable bonds is 13. The van der Waals surface area contributed by atoms with Gasteiger partial charge >= 0.3 is 6.09 Å². The van der Waals surface area contributed by atoms with Crippen molar-refractivity contribution in [2.75, 3.05) is 13.1 Å². The molecule has 0 bridgehead atoms. The molecule has 2 atom stereocenters. The van der Waals surface area contributed by atoms with Gasteiger partial charge in [-0.15, -0.1) is 0 Å². The van der Waals surface area contributed by atoms with Crippen LogP contribution in [0.25, 0.3) is 6.08 Å². The number of alkyl carbamates (subject to hydrolysis) is 1. The van der Waals surface area contributed by atoms with E-state index >= 15 is 0 Å². The summed E-state index contributed by atoms with van der Waals surface area (Å²) in [6.45, 7) is 3.94. The molecule has 0 unspecified atom stereocenters. The van der Waals surface area contributed by atoms with Crippen molar-refractivity contribution in [3.8, 4) is 0 Å². The van der Waals surface area contributed by atoms with Crippen molar-refractivity contribution < 1.29 is 23.1 Å². The van der Waals surface area contributed by atoms with Crippen LogP contribution in [0.2, 0.25) is 0 Å². The third-order valence-corrected chi connectivity index (χ3v) is 7.33. The summed E-state index contributed by atoms with van der Waals surface area (Å²) >= 11 is 0. The summed E-state index contributed by atoms with van der Waals surface area (Å²) in [5.41, 5.74) is 2.48. The fourth-order valence-corrected chi connectivity index (χ4v) is 5.28. The summed E-state index contributed by atoms with van der Waals surface area (Å²) in [6, 6.07) is 27.1. The number of nitrogens with zero attached hydrogens (tertiary/aromatic N) is 1. The van der Waals surface area contributed by atoms with Crippen LogP contribution in [-0.4, -0.2) is 49.2 Å². The molecule has 3 aromatic rings. The average Bonchev–Trinajstić information content (AvgIpc) is 2.91. The van der Waals surface area contributed by atoms with E-state index in [4.69, 9.17) is 4.74 Å². The lowest BCUT2D eigenvalue weighted by atomic mass is 10.0. The predicted octanol–water partition coefficient (Wildman–Crippen LogP) is 4.84. The highest BCUT2D eigenvalue weighted by molar-refractivity contribution is 7.92. The molecule has 0 saturated heterocycles. The highest BCUT2D eigenvalue weighted by Crippen LogP contribution is 2.15. The van der Waals surface area contributed by atoms with E-state index in [1.54, 1.807) is 0 Å². The third kappa shape index (κ3) is 9.78. The van der Waals surface area contributed by atoms with Gasteiger partial charge in [0.2, 0.25) is 10.0 Å². The van der Waals surface area contributed by atoms with Crippen LogP contribution in [-0.2, 0) is 27.8 Å². The van der Waals surface area contributed by atoms with Gasteiger partial charge in [0.05, 0.1) is 12.1 Å². The highest BCUT2D eigenvalue weighted by atomic mass is 32.2. The molecule has 0 fully saturated rings. The smallest absolute Gasteiger partial charge is 0.407 e. The van der Waals surface area contributed by atoms with Crippen molar-refractivity contribution in [2.45, 2.75) is 39.0 Å². The Labute approximate surface area is 225 Å². The van der Waals surface area contributed by atoms with E-state index < -0.39 is 28.3 Å². The molecule has 7 nitrogen and oxygen atoms in total. The van der Waals surface area contributed by atoms with Gasteiger partial charge in [-0.2, -0.15) is 4.31 Å². The first-order chi connectivity index (χ1) is 18.2. The average molecular weight is 537 g/mol. The molecule has 0 saturated carbocycles. The summed E-state index contributed by atoms with van der Waals surface area (Å²) < 4.78 is 33.1. The number of benzene rings is 3. The monoisotopic (exact) mass is 536 g/mol. The number of carbonyl (C=O) groups excluding carboxylic acids is 1. The molecule has 0 aromatic heterocycles. The fourth-order valence-electron chi connectivity index (χ4n) is 3.91. The van der Waals surface area contributed by atoms with Crippen LogP contribution in [0.15, 0.2) is 96.4 Å². The minimum Gasteiger partial charge on any atom is -0.445 e. The van der Waals surface area contributed by atoms with E-state index in [1.807, 2.05) is 105 Å². The van der Waals surface area contributed by atoms with Gasteiger partial charge in [-0.3, -0.25) is 0 Å². The lowest BCUT2D eigenvalue weighted by Gasteiger charge is -2.29. The Balaban J connectivity index is 1.75. The van der Waals surface area contributed by atoms with Gasteiger partial charge in [0.25, 0.3) is 0 Å². The van der Waals surface area contributed by atoms with Crippen LogP contribution in [0.5, 0.6) is 0 Å². The number of ether oxygens (including phenoxy) is 1. The summed E-state index contributed by atoms with van der Waals surface area (Å²) in [5, 5.41) is 15.1. The first kappa shape index (κ1) is 29.1. The van der Waals surface area contributed by atoms with Gasteiger partial charge < -0.3 is 15.2 Å². The van der Waals surface area contributed by atoms with Crippen LogP contribution in [0.4, 0.5) is 4.79 Å².